The van der Waals surface area contributed by atoms with Gasteiger partial charge in [-0.05, 0) is 17.9 Å². The van der Waals surface area contributed by atoms with E-state index in [0.29, 0.717) is 0 Å². The van der Waals surface area contributed by atoms with Crippen LogP contribution in [0.25, 0.3) is 0 Å². The van der Waals surface area contributed by atoms with Crippen LogP contribution in [0, 0.1) is 0 Å². The Balaban J connectivity index is 3.09. The second-order valence-electron chi connectivity index (χ2n) is 1.59. The Kier molecular flexibility index (Phi) is 2.11. The van der Waals surface area contributed by atoms with Crippen LogP contribution in [0.15, 0.2) is 18.5 Å². The van der Waals surface area contributed by atoms with E-state index in [2.05, 4.69) is 21.8 Å². The zero-order valence-electron chi connectivity index (χ0n) is 4.88. The van der Waals surface area contributed by atoms with Gasteiger partial charge in [-0.15, -0.1) is 0 Å². The van der Waals surface area contributed by atoms with Crippen molar-refractivity contribution in [3.8, 4) is 0 Å². The van der Waals surface area contributed by atoms with Crippen molar-refractivity contribution < 1.29 is 9.79 Å². The molecule has 0 aromatic carbocycles. The van der Waals surface area contributed by atoms with Gasteiger partial charge in [0.1, 0.15) is 0 Å². The Morgan fingerprint density at radius 3 is 2.10 bits per heavy atom. The maximum Gasteiger partial charge on any atom is 0.251 e. The third-order valence-corrected chi connectivity index (χ3v) is 2.05. The van der Waals surface area contributed by atoms with Gasteiger partial charge in [0.15, 0.2) is 0 Å². The molecule has 0 aliphatic heterocycles. The lowest BCUT2D eigenvalue weighted by Crippen LogP contribution is -2.11. The molecule has 0 radical (unpaired) electrons. The summed E-state index contributed by atoms with van der Waals surface area (Å²) in [4.78, 5) is 24.9. The van der Waals surface area contributed by atoms with Crippen LogP contribution in [0.1, 0.15) is 0 Å². The second kappa shape index (κ2) is 2.72. The molecule has 2 N–H and O–H groups in total. The van der Waals surface area contributed by atoms with Crippen LogP contribution in [0.2, 0.25) is 0 Å². The van der Waals surface area contributed by atoms with Gasteiger partial charge < -0.3 is 9.79 Å². The number of aromatic nitrogens is 2. The van der Waals surface area contributed by atoms with E-state index in [-0.39, 0.29) is 5.57 Å². The van der Waals surface area contributed by atoms with Crippen molar-refractivity contribution >= 4 is 23.9 Å². The highest BCUT2D eigenvalue weighted by molar-refractivity contribution is 8.12. The smallest absolute Gasteiger partial charge is 0.251 e. The molecule has 0 bridgehead atoms. The zero-order valence-corrected chi connectivity index (χ0v) is 6.59. The Bertz CT molecular complexity index is 259. The van der Waals surface area contributed by atoms with Crippen molar-refractivity contribution in [3.05, 3.63) is 18.5 Å². The molecular formula is C4H5N2O2PS. The molecule has 1 aromatic rings. The van der Waals surface area contributed by atoms with Gasteiger partial charge in [-0.1, -0.05) is 0 Å². The van der Waals surface area contributed by atoms with Crippen molar-refractivity contribution in [2.75, 3.05) is 0 Å². The van der Waals surface area contributed by atoms with Crippen molar-refractivity contribution in [1.82, 2.24) is 9.97 Å². The fourth-order valence-electron chi connectivity index (χ4n) is 0.442. The summed E-state index contributed by atoms with van der Waals surface area (Å²) in [6.07, 6.45) is 2.83. The van der Waals surface area contributed by atoms with E-state index < -0.39 is 6.49 Å². The Labute approximate surface area is 62.8 Å². The van der Waals surface area contributed by atoms with Gasteiger partial charge in [-0.25, -0.2) is 9.97 Å². The normalized spacial score (nSPS) is 11.4. The van der Waals surface area contributed by atoms with Crippen molar-refractivity contribution in [2.24, 2.45) is 0 Å². The molecule has 0 amide bonds. The molecule has 0 saturated carbocycles. The van der Waals surface area contributed by atoms with Crippen LogP contribution in [-0.2, 0) is 11.8 Å². The van der Waals surface area contributed by atoms with Crippen LogP contribution in [0.5, 0.6) is 0 Å². The van der Waals surface area contributed by atoms with Gasteiger partial charge >= 0.3 is 0 Å². The molecule has 0 unspecified atom stereocenters. The molecule has 6 heteroatoms. The molecule has 4 nitrogen and oxygen atoms in total. The molecule has 0 atom stereocenters. The second-order valence-corrected chi connectivity index (χ2v) is 4.61. The minimum atomic E-state index is -3.41. The van der Waals surface area contributed by atoms with Crippen molar-refractivity contribution in [2.45, 2.75) is 0 Å². The third-order valence-electron chi connectivity index (χ3n) is 0.813. The lowest BCUT2D eigenvalue weighted by Gasteiger charge is -2.02. The van der Waals surface area contributed by atoms with E-state index >= 15 is 0 Å². The molecule has 1 rings (SSSR count). The van der Waals surface area contributed by atoms with Crippen molar-refractivity contribution in [1.29, 1.82) is 0 Å². The minimum Gasteiger partial charge on any atom is -0.340 e. The lowest BCUT2D eigenvalue weighted by atomic mass is 10.7. The number of hydrogen-bond donors (Lipinski definition) is 2. The molecular weight excluding hydrogens is 171 g/mol. The van der Waals surface area contributed by atoms with Crippen LogP contribution in [0.4, 0.5) is 0 Å². The Hall–Kier alpha value is -0.350. The van der Waals surface area contributed by atoms with E-state index in [1.165, 1.54) is 12.4 Å². The predicted molar refractivity (Wildman–Crippen MR) is 40.4 cm³/mol. The van der Waals surface area contributed by atoms with E-state index in [0.717, 1.165) is 0 Å². The summed E-state index contributed by atoms with van der Waals surface area (Å²) in [6.45, 7) is -3.41. The monoisotopic (exact) mass is 176 g/mol. The van der Waals surface area contributed by atoms with E-state index in [1.807, 2.05) is 0 Å². The molecule has 1 aromatic heterocycles. The van der Waals surface area contributed by atoms with Gasteiger partial charge in [0.2, 0.25) is 5.57 Å². The largest absolute Gasteiger partial charge is 0.340 e. The lowest BCUT2D eigenvalue weighted by molar-refractivity contribution is 0.490. The SMILES string of the molecule is OP(O)(=S)c1ncccn1. The minimum absolute atomic E-state index is 0.0648. The van der Waals surface area contributed by atoms with Gasteiger partial charge in [0.25, 0.3) is 6.49 Å². The average molecular weight is 176 g/mol. The van der Waals surface area contributed by atoms with Crippen molar-refractivity contribution in [3.63, 3.8) is 0 Å². The fourth-order valence-corrected chi connectivity index (χ4v) is 1.16. The predicted octanol–water partition coefficient (Wildman–Crippen LogP) is -0.604. The van der Waals surface area contributed by atoms with Gasteiger partial charge in [0.05, 0.1) is 0 Å². The molecule has 1 heterocycles. The van der Waals surface area contributed by atoms with Crippen LogP contribution in [-0.4, -0.2) is 19.8 Å². The highest BCUT2D eigenvalue weighted by atomic mass is 32.5. The highest BCUT2D eigenvalue weighted by Gasteiger charge is 2.13. The molecule has 0 saturated heterocycles. The fraction of sp³-hybridized carbons (Fsp3) is 0. The summed E-state index contributed by atoms with van der Waals surface area (Å²) < 4.78 is 0. The van der Waals surface area contributed by atoms with E-state index in [1.54, 1.807) is 6.07 Å². The van der Waals surface area contributed by atoms with Gasteiger partial charge in [0, 0.05) is 12.4 Å². The summed E-state index contributed by atoms with van der Waals surface area (Å²) in [5.74, 6) is 0. The molecule has 0 aliphatic carbocycles. The molecule has 0 aliphatic rings. The number of nitrogens with zero attached hydrogens (tertiary/aromatic N) is 2. The summed E-state index contributed by atoms with van der Waals surface area (Å²) >= 11 is 4.35. The van der Waals surface area contributed by atoms with Crippen LogP contribution < -0.4 is 5.57 Å². The zero-order chi connectivity index (χ0) is 7.61. The molecule has 10 heavy (non-hydrogen) atoms. The van der Waals surface area contributed by atoms with E-state index in [4.69, 9.17) is 9.79 Å². The van der Waals surface area contributed by atoms with E-state index in [9.17, 15) is 0 Å². The standard InChI is InChI=1S/C4H5N2O2PS/c7-9(8,10)4-5-2-1-3-6-4/h1-3H,(H2,7,8,10). The van der Waals surface area contributed by atoms with Gasteiger partial charge in [-0.2, -0.15) is 0 Å². The average Bonchev–Trinajstić information content (AvgIpc) is 1.88. The topological polar surface area (TPSA) is 66.2 Å². The highest BCUT2D eigenvalue weighted by Crippen LogP contribution is 2.30. The van der Waals surface area contributed by atoms with Gasteiger partial charge in [-0.3, -0.25) is 0 Å². The van der Waals surface area contributed by atoms with Crippen LogP contribution in [0.3, 0.4) is 0 Å². The Morgan fingerprint density at radius 1 is 1.30 bits per heavy atom. The first-order valence-corrected chi connectivity index (χ1v) is 5.14. The molecule has 0 fully saturated rings. The third kappa shape index (κ3) is 1.82. The summed E-state index contributed by atoms with van der Waals surface area (Å²) in [5, 5.41) is 0. The quantitative estimate of drug-likeness (QED) is 0.559. The first-order chi connectivity index (χ1) is 4.61. The summed E-state index contributed by atoms with van der Waals surface area (Å²) in [7, 11) is 0. The first-order valence-electron chi connectivity index (χ1n) is 2.44. The first kappa shape index (κ1) is 7.75. The Morgan fingerprint density at radius 2 is 1.80 bits per heavy atom. The summed E-state index contributed by atoms with van der Waals surface area (Å²) in [5.41, 5.74) is -0.0648. The molecule has 54 valence electrons. The van der Waals surface area contributed by atoms with Crippen LogP contribution >= 0.6 is 6.49 Å². The maximum absolute atomic E-state index is 8.85. The number of rotatable bonds is 1. The number of hydrogen-bond acceptors (Lipinski definition) is 3. The maximum atomic E-state index is 8.85. The summed E-state index contributed by atoms with van der Waals surface area (Å²) in [6, 6.07) is 1.58. The molecule has 0 spiro atoms.